The molecule has 112 valence electrons. The van der Waals surface area contributed by atoms with Crippen LogP contribution >= 0.6 is 0 Å². The molecule has 0 radical (unpaired) electrons. The van der Waals surface area contributed by atoms with E-state index >= 15 is 0 Å². The summed E-state index contributed by atoms with van der Waals surface area (Å²) in [6.07, 6.45) is 6.41. The van der Waals surface area contributed by atoms with Crippen molar-refractivity contribution < 1.29 is 0 Å². The largest absolute Gasteiger partial charge is 0.340 e. The minimum atomic E-state index is -0.0596. The summed E-state index contributed by atoms with van der Waals surface area (Å²) in [5.74, 6) is 0.672. The minimum Gasteiger partial charge on any atom is -0.340 e. The summed E-state index contributed by atoms with van der Waals surface area (Å²) in [6.45, 7) is 1.64. The first-order valence-electron chi connectivity index (χ1n) is 7.30. The third kappa shape index (κ3) is 1.97. The van der Waals surface area contributed by atoms with E-state index in [0.29, 0.717) is 23.0 Å². The molecule has 1 aliphatic rings. The molecule has 7 heteroatoms. The molecular weight excluding hydrogens is 280 g/mol. The molecule has 3 aromatic heterocycles. The van der Waals surface area contributed by atoms with Crippen molar-refractivity contribution in [1.82, 2.24) is 24.3 Å². The lowest BCUT2D eigenvalue weighted by molar-refractivity contribution is 0.494. The highest BCUT2D eigenvalue weighted by Gasteiger charge is 2.27. The van der Waals surface area contributed by atoms with Gasteiger partial charge in [-0.2, -0.15) is 10.1 Å². The summed E-state index contributed by atoms with van der Waals surface area (Å²) in [5, 5.41) is 4.86. The van der Waals surface area contributed by atoms with Gasteiger partial charge in [-0.1, -0.05) is 0 Å². The van der Waals surface area contributed by atoms with Crippen LogP contribution in [0.5, 0.6) is 0 Å². The molecule has 0 aromatic carbocycles. The fourth-order valence-electron chi connectivity index (χ4n) is 3.01. The Labute approximate surface area is 126 Å². The van der Waals surface area contributed by atoms with Crippen LogP contribution in [-0.4, -0.2) is 37.4 Å². The molecule has 0 saturated carbocycles. The van der Waals surface area contributed by atoms with Crippen LogP contribution in [0.2, 0.25) is 0 Å². The second kappa shape index (κ2) is 4.94. The van der Waals surface area contributed by atoms with Crippen molar-refractivity contribution in [2.45, 2.75) is 12.5 Å². The van der Waals surface area contributed by atoms with Gasteiger partial charge in [0.2, 0.25) is 5.95 Å². The maximum Gasteiger partial charge on any atom is 0.264 e. The van der Waals surface area contributed by atoms with Crippen molar-refractivity contribution in [1.29, 1.82) is 0 Å². The average Bonchev–Trinajstić information content (AvgIpc) is 3.21. The van der Waals surface area contributed by atoms with Gasteiger partial charge in [0.25, 0.3) is 5.56 Å². The number of hydrogen-bond acceptors (Lipinski definition) is 5. The molecule has 22 heavy (non-hydrogen) atoms. The molecular formula is C15H16N6O. The molecule has 0 aliphatic carbocycles. The summed E-state index contributed by atoms with van der Waals surface area (Å²) < 4.78 is 3.58. The Hall–Kier alpha value is -2.70. The molecule has 0 spiro atoms. The minimum absolute atomic E-state index is 0.0596. The van der Waals surface area contributed by atoms with Gasteiger partial charge in [-0.05, 0) is 24.6 Å². The van der Waals surface area contributed by atoms with Gasteiger partial charge in [0.15, 0.2) is 5.65 Å². The molecule has 4 rings (SSSR count). The van der Waals surface area contributed by atoms with E-state index in [1.807, 2.05) is 16.9 Å². The third-order valence-corrected chi connectivity index (χ3v) is 4.17. The lowest BCUT2D eigenvalue weighted by atomic mass is 10.3. The zero-order chi connectivity index (χ0) is 15.1. The average molecular weight is 296 g/mol. The van der Waals surface area contributed by atoms with E-state index < -0.39 is 0 Å². The molecule has 0 bridgehead atoms. The van der Waals surface area contributed by atoms with E-state index in [1.54, 1.807) is 36.1 Å². The van der Waals surface area contributed by atoms with Crippen molar-refractivity contribution in [3.05, 3.63) is 47.1 Å². The molecule has 1 atom stereocenters. The summed E-state index contributed by atoms with van der Waals surface area (Å²) >= 11 is 0. The number of anilines is 1. The van der Waals surface area contributed by atoms with E-state index in [1.165, 1.54) is 0 Å². The van der Waals surface area contributed by atoms with Gasteiger partial charge in [-0.15, -0.1) is 0 Å². The van der Waals surface area contributed by atoms with Crippen LogP contribution in [0.25, 0.3) is 11.0 Å². The van der Waals surface area contributed by atoms with Gasteiger partial charge < -0.3 is 4.90 Å². The van der Waals surface area contributed by atoms with Crippen LogP contribution in [0.1, 0.15) is 12.5 Å². The van der Waals surface area contributed by atoms with Crippen LogP contribution in [-0.2, 0) is 7.05 Å². The highest BCUT2D eigenvalue weighted by Crippen LogP contribution is 2.24. The topological polar surface area (TPSA) is 68.8 Å². The molecule has 0 N–H and O–H groups in total. The maximum absolute atomic E-state index is 12.5. The Morgan fingerprint density at radius 3 is 3.00 bits per heavy atom. The fourth-order valence-corrected chi connectivity index (χ4v) is 3.01. The number of nitrogens with zero attached hydrogens (tertiary/aromatic N) is 6. The Morgan fingerprint density at radius 2 is 2.18 bits per heavy atom. The normalized spacial score (nSPS) is 18.2. The van der Waals surface area contributed by atoms with Crippen molar-refractivity contribution in [2.24, 2.45) is 7.05 Å². The quantitative estimate of drug-likeness (QED) is 0.705. The van der Waals surface area contributed by atoms with Crippen molar-refractivity contribution >= 4 is 17.0 Å². The number of pyridine rings is 1. The molecule has 1 fully saturated rings. The fraction of sp³-hybridized carbons (Fsp3) is 0.333. The predicted octanol–water partition coefficient (Wildman–Crippen LogP) is 0.976. The summed E-state index contributed by atoms with van der Waals surface area (Å²) in [4.78, 5) is 23.4. The van der Waals surface area contributed by atoms with E-state index in [-0.39, 0.29) is 5.56 Å². The van der Waals surface area contributed by atoms with E-state index in [0.717, 1.165) is 19.5 Å². The number of rotatable bonds is 2. The van der Waals surface area contributed by atoms with Gasteiger partial charge in [-0.3, -0.25) is 14.0 Å². The third-order valence-electron chi connectivity index (χ3n) is 4.17. The monoisotopic (exact) mass is 296 g/mol. The molecule has 1 unspecified atom stereocenters. The lowest BCUT2D eigenvalue weighted by Crippen LogP contribution is -2.30. The van der Waals surface area contributed by atoms with Crippen molar-refractivity contribution in [3.63, 3.8) is 0 Å². The summed E-state index contributed by atoms with van der Waals surface area (Å²) in [7, 11) is 1.76. The highest BCUT2D eigenvalue weighted by molar-refractivity contribution is 5.74. The predicted molar refractivity (Wildman–Crippen MR) is 82.9 cm³/mol. The molecule has 3 aromatic rings. The number of fused-ring (bicyclic) bond motifs is 1. The smallest absolute Gasteiger partial charge is 0.264 e. The van der Waals surface area contributed by atoms with Crippen LogP contribution in [0.4, 0.5) is 5.95 Å². The van der Waals surface area contributed by atoms with Crippen LogP contribution in [0, 0.1) is 0 Å². The van der Waals surface area contributed by atoms with Gasteiger partial charge >= 0.3 is 0 Å². The van der Waals surface area contributed by atoms with Gasteiger partial charge in [0.1, 0.15) is 0 Å². The van der Waals surface area contributed by atoms with E-state index in [2.05, 4.69) is 20.0 Å². The molecule has 4 heterocycles. The first kappa shape index (κ1) is 13.0. The second-order valence-corrected chi connectivity index (χ2v) is 5.53. The summed E-state index contributed by atoms with van der Waals surface area (Å²) in [6, 6.07) is 5.76. The Kier molecular flexibility index (Phi) is 2.92. The second-order valence-electron chi connectivity index (χ2n) is 5.53. The lowest BCUT2D eigenvalue weighted by Gasteiger charge is -2.20. The Morgan fingerprint density at radius 1 is 1.27 bits per heavy atom. The maximum atomic E-state index is 12.5. The molecule has 1 saturated heterocycles. The first-order valence-corrected chi connectivity index (χ1v) is 7.30. The van der Waals surface area contributed by atoms with E-state index in [9.17, 15) is 4.79 Å². The SMILES string of the molecule is Cn1c(N2CCC(n3cccn3)C2)nc2ncccc2c1=O. The van der Waals surface area contributed by atoms with Crippen molar-refractivity contribution in [2.75, 3.05) is 18.0 Å². The van der Waals surface area contributed by atoms with Gasteiger partial charge in [-0.25, -0.2) is 4.98 Å². The van der Waals surface area contributed by atoms with Crippen LogP contribution in [0.15, 0.2) is 41.6 Å². The Balaban J connectivity index is 1.73. The zero-order valence-corrected chi connectivity index (χ0v) is 12.3. The number of aromatic nitrogens is 5. The van der Waals surface area contributed by atoms with Gasteiger partial charge in [0.05, 0.1) is 11.4 Å². The Bertz CT molecular complexity index is 869. The highest BCUT2D eigenvalue weighted by atomic mass is 16.1. The molecule has 0 amide bonds. The van der Waals surface area contributed by atoms with Crippen LogP contribution < -0.4 is 10.5 Å². The number of hydrogen-bond donors (Lipinski definition) is 0. The first-order chi connectivity index (χ1) is 10.7. The van der Waals surface area contributed by atoms with Gasteiger partial charge in [0, 0.05) is 38.7 Å². The summed E-state index contributed by atoms with van der Waals surface area (Å²) in [5.41, 5.74) is 0.443. The standard InChI is InChI=1S/C15H16N6O/c1-19-14(22)12-4-2-6-16-13(12)18-15(19)20-9-5-11(10-20)21-8-3-7-17-21/h2-4,6-8,11H,5,9-10H2,1H3. The zero-order valence-electron chi connectivity index (χ0n) is 12.3. The van der Waals surface area contributed by atoms with Crippen LogP contribution in [0.3, 0.4) is 0 Å². The van der Waals surface area contributed by atoms with Crippen molar-refractivity contribution in [3.8, 4) is 0 Å². The molecule has 1 aliphatic heterocycles. The van der Waals surface area contributed by atoms with E-state index in [4.69, 9.17) is 0 Å². The molecule has 7 nitrogen and oxygen atoms in total.